The van der Waals surface area contributed by atoms with Crippen molar-refractivity contribution in [1.82, 2.24) is 10.2 Å². The predicted octanol–water partition coefficient (Wildman–Crippen LogP) is 12.8. The van der Waals surface area contributed by atoms with Gasteiger partial charge in [-0.05, 0) is 97.8 Å². The molecule has 312 valence electrons. The van der Waals surface area contributed by atoms with Gasteiger partial charge in [-0.15, -0.1) is 0 Å². The Morgan fingerprint density at radius 2 is 0.926 bits per heavy atom. The summed E-state index contributed by atoms with van der Waals surface area (Å²) in [5.74, 6) is -0.136. The van der Waals surface area contributed by atoms with Crippen molar-refractivity contribution in [3.05, 3.63) is 48.6 Å². The maximum absolute atomic E-state index is 13.0. The zero-order chi connectivity index (χ0) is 39.4. The van der Waals surface area contributed by atoms with Crippen LogP contribution in [0.15, 0.2) is 48.6 Å². The first kappa shape index (κ1) is 49.6. The fourth-order valence-electron chi connectivity index (χ4n) is 6.49. The molecule has 1 aliphatic rings. The Morgan fingerprint density at radius 1 is 0.556 bits per heavy atom. The first-order valence-electron chi connectivity index (χ1n) is 22.3. The molecule has 0 saturated carbocycles. The molecule has 1 N–H and O–H groups in total. The van der Waals surface area contributed by atoms with E-state index in [0.717, 1.165) is 38.5 Å². The lowest BCUT2D eigenvalue weighted by Gasteiger charge is -2.21. The van der Waals surface area contributed by atoms with Gasteiger partial charge in [-0.1, -0.05) is 140 Å². The second kappa shape index (κ2) is 35.1. The van der Waals surface area contributed by atoms with E-state index in [0.29, 0.717) is 26.3 Å². The summed E-state index contributed by atoms with van der Waals surface area (Å²) in [6.45, 7) is 12.2. The number of nitrogens with zero attached hydrogens (tertiary/aromatic N) is 1. The number of allylic oxidation sites excluding steroid dienone is 8. The van der Waals surface area contributed by atoms with Crippen LogP contribution in [0.3, 0.4) is 0 Å². The molecular formula is C47H84N2O5. The molecule has 1 saturated heterocycles. The van der Waals surface area contributed by atoms with Gasteiger partial charge in [0, 0.05) is 26.3 Å². The van der Waals surface area contributed by atoms with E-state index < -0.39 is 11.7 Å². The Bertz CT molecular complexity index is 956. The van der Waals surface area contributed by atoms with Gasteiger partial charge in [-0.25, -0.2) is 4.79 Å². The van der Waals surface area contributed by atoms with Crippen molar-refractivity contribution in [2.24, 2.45) is 0 Å². The number of unbranched alkanes of at least 4 members (excludes halogenated alkanes) is 18. The minimum atomic E-state index is -0.608. The van der Waals surface area contributed by atoms with E-state index in [2.05, 4.69) is 67.8 Å². The first-order valence-corrected chi connectivity index (χ1v) is 22.3. The van der Waals surface area contributed by atoms with Gasteiger partial charge >= 0.3 is 6.09 Å². The van der Waals surface area contributed by atoms with E-state index in [1.54, 1.807) is 4.90 Å². The molecular weight excluding hydrogens is 673 g/mol. The van der Waals surface area contributed by atoms with Crippen LogP contribution in [0, 0.1) is 0 Å². The number of hydrogen-bond donors (Lipinski definition) is 1. The van der Waals surface area contributed by atoms with E-state index in [-0.39, 0.29) is 24.7 Å². The zero-order valence-corrected chi connectivity index (χ0v) is 35.8. The van der Waals surface area contributed by atoms with Crippen LogP contribution in [-0.2, 0) is 19.0 Å². The highest BCUT2D eigenvalue weighted by atomic mass is 16.6. The first-order chi connectivity index (χ1) is 26.3. The lowest BCUT2D eigenvalue weighted by molar-refractivity contribution is -0.129. The Morgan fingerprint density at radius 3 is 1.31 bits per heavy atom. The van der Waals surface area contributed by atoms with Crippen molar-refractivity contribution in [1.29, 1.82) is 0 Å². The van der Waals surface area contributed by atoms with Gasteiger partial charge < -0.3 is 24.4 Å². The predicted molar refractivity (Wildman–Crippen MR) is 229 cm³/mol. The normalized spacial score (nSPS) is 16.6. The molecule has 2 atom stereocenters. The molecule has 0 radical (unpaired) electrons. The maximum Gasteiger partial charge on any atom is 0.408 e. The third-order valence-electron chi connectivity index (χ3n) is 9.70. The summed E-state index contributed by atoms with van der Waals surface area (Å²) in [5, 5.41) is 2.61. The Kier molecular flexibility index (Phi) is 32.2. The fraction of sp³-hybridized carbons (Fsp3) is 0.787. The summed E-state index contributed by atoms with van der Waals surface area (Å²) in [5.41, 5.74) is -0.608. The Hall–Kier alpha value is -2.38. The van der Waals surface area contributed by atoms with Crippen molar-refractivity contribution in [3.63, 3.8) is 0 Å². The number of hydrogen-bond acceptors (Lipinski definition) is 5. The molecule has 1 rings (SSSR count). The van der Waals surface area contributed by atoms with Crippen molar-refractivity contribution in [2.75, 3.05) is 32.8 Å². The van der Waals surface area contributed by atoms with E-state index in [9.17, 15) is 9.59 Å². The minimum absolute atomic E-state index is 0.0910. The largest absolute Gasteiger partial charge is 0.444 e. The molecule has 0 aromatic carbocycles. The quantitative estimate of drug-likeness (QED) is 0.0522. The van der Waals surface area contributed by atoms with Crippen LogP contribution < -0.4 is 5.32 Å². The molecule has 1 heterocycles. The summed E-state index contributed by atoms with van der Waals surface area (Å²) in [6.07, 6.45) is 46.9. The lowest BCUT2D eigenvalue weighted by Crippen LogP contribution is -2.41. The molecule has 0 aromatic heterocycles. The molecule has 54 heavy (non-hydrogen) atoms. The van der Waals surface area contributed by atoms with Gasteiger partial charge in [-0.2, -0.15) is 0 Å². The Labute approximate surface area is 333 Å². The highest BCUT2D eigenvalue weighted by Crippen LogP contribution is 2.19. The summed E-state index contributed by atoms with van der Waals surface area (Å²) >= 11 is 0. The number of nitrogens with one attached hydrogen (secondary N) is 1. The second-order valence-corrected chi connectivity index (χ2v) is 16.1. The average Bonchev–Trinajstić information content (AvgIpc) is 3.55. The SMILES string of the molecule is CCCCCC=CCC=CCCCCCCCCO[C@@H]1CN(C(=O)CNC(=O)OC(C)(C)C)C[C@H]1OCCCCCCCCC=CCC=CCCCCC. The fourth-order valence-corrected chi connectivity index (χ4v) is 6.49. The number of rotatable bonds is 34. The summed E-state index contributed by atoms with van der Waals surface area (Å²) in [4.78, 5) is 26.9. The third kappa shape index (κ3) is 30.9. The highest BCUT2D eigenvalue weighted by molar-refractivity contribution is 5.82. The molecule has 0 bridgehead atoms. The second-order valence-electron chi connectivity index (χ2n) is 16.1. The van der Waals surface area contributed by atoms with Crippen LogP contribution >= 0.6 is 0 Å². The van der Waals surface area contributed by atoms with Gasteiger partial charge in [-0.3, -0.25) is 4.79 Å². The molecule has 0 aromatic rings. The molecule has 2 amide bonds. The van der Waals surface area contributed by atoms with Crippen LogP contribution in [-0.4, -0.2) is 67.6 Å². The number of carbonyl (C=O) groups is 2. The van der Waals surface area contributed by atoms with Crippen LogP contribution in [0.5, 0.6) is 0 Å². The molecule has 0 spiro atoms. The van der Waals surface area contributed by atoms with E-state index in [4.69, 9.17) is 14.2 Å². The van der Waals surface area contributed by atoms with Crippen LogP contribution in [0.25, 0.3) is 0 Å². The smallest absolute Gasteiger partial charge is 0.408 e. The lowest BCUT2D eigenvalue weighted by atomic mass is 10.1. The van der Waals surface area contributed by atoms with E-state index >= 15 is 0 Å². The molecule has 0 unspecified atom stereocenters. The van der Waals surface area contributed by atoms with Crippen LogP contribution in [0.2, 0.25) is 0 Å². The molecule has 7 nitrogen and oxygen atoms in total. The third-order valence-corrected chi connectivity index (χ3v) is 9.70. The summed E-state index contributed by atoms with van der Waals surface area (Å²) < 4.78 is 18.0. The monoisotopic (exact) mass is 757 g/mol. The standard InChI is InChI=1S/C47H84N2O5/c1-6-8-10-12-14-16-18-20-22-24-26-28-30-32-34-36-38-52-43-41-49(45(50)40-48-46(51)54-47(3,4)5)42-44(43)53-39-37-35-33-31-29-27-25-23-21-19-17-15-13-11-9-7-2/h14-17,20-23,43-44H,6-13,18-19,24-42H2,1-5H3,(H,48,51)/t43-,44-/m1/s1. The van der Waals surface area contributed by atoms with Crippen molar-refractivity contribution in [3.8, 4) is 0 Å². The number of likely N-dealkylation sites (tertiary alicyclic amines) is 1. The van der Waals surface area contributed by atoms with Crippen molar-refractivity contribution in [2.45, 2.75) is 207 Å². The Balaban J connectivity index is 2.29. The van der Waals surface area contributed by atoms with Gasteiger partial charge in [0.2, 0.25) is 5.91 Å². The molecule has 1 fully saturated rings. The number of ether oxygens (including phenoxy) is 3. The van der Waals surface area contributed by atoms with Gasteiger partial charge in [0.25, 0.3) is 0 Å². The highest BCUT2D eigenvalue weighted by Gasteiger charge is 2.36. The topological polar surface area (TPSA) is 77.1 Å². The average molecular weight is 757 g/mol. The van der Waals surface area contributed by atoms with Crippen LogP contribution in [0.4, 0.5) is 4.79 Å². The molecule has 0 aliphatic carbocycles. The summed E-state index contributed by atoms with van der Waals surface area (Å²) in [7, 11) is 0. The van der Waals surface area contributed by atoms with Crippen molar-refractivity contribution >= 4 is 12.0 Å². The minimum Gasteiger partial charge on any atom is -0.444 e. The number of carbonyl (C=O) groups excluding carboxylic acids is 2. The van der Waals surface area contributed by atoms with Gasteiger partial charge in [0.15, 0.2) is 0 Å². The van der Waals surface area contributed by atoms with Gasteiger partial charge in [0.05, 0.1) is 0 Å². The maximum atomic E-state index is 13.0. The molecule has 7 heteroatoms. The molecule has 1 aliphatic heterocycles. The number of alkyl carbamates (subject to hydrolysis) is 1. The summed E-state index contributed by atoms with van der Waals surface area (Å²) in [6, 6.07) is 0. The van der Waals surface area contributed by atoms with Gasteiger partial charge in [0.1, 0.15) is 24.4 Å². The number of amides is 2. The van der Waals surface area contributed by atoms with Crippen molar-refractivity contribution < 1.29 is 23.8 Å². The van der Waals surface area contributed by atoms with E-state index in [1.807, 2.05) is 20.8 Å². The van der Waals surface area contributed by atoms with E-state index in [1.165, 1.54) is 116 Å². The van der Waals surface area contributed by atoms with Crippen LogP contribution in [0.1, 0.15) is 189 Å². The zero-order valence-electron chi connectivity index (χ0n) is 35.8.